The minimum atomic E-state index is 0.576. The van der Waals surface area contributed by atoms with E-state index in [0.29, 0.717) is 5.92 Å². The molecule has 0 aromatic heterocycles. The van der Waals surface area contributed by atoms with Crippen LogP contribution in [0.15, 0.2) is 30.3 Å². The summed E-state index contributed by atoms with van der Waals surface area (Å²) < 4.78 is 5.66. The van der Waals surface area contributed by atoms with Gasteiger partial charge in [-0.1, -0.05) is 82.2 Å². The standard InChI is InChI=1S/C19H32O/c1-3-5-6-7-8-9-11-16-19(17-20-4-2)18-14-12-10-13-15-18/h10,12-15,19H,3-9,11,16-17H2,1-2H3. The van der Waals surface area contributed by atoms with Gasteiger partial charge in [-0.3, -0.25) is 0 Å². The first-order valence-corrected chi connectivity index (χ1v) is 8.51. The number of hydrogen-bond donors (Lipinski definition) is 0. The minimum Gasteiger partial charge on any atom is -0.381 e. The number of benzene rings is 1. The topological polar surface area (TPSA) is 9.23 Å². The zero-order valence-corrected chi connectivity index (χ0v) is 13.4. The number of ether oxygens (including phenoxy) is 1. The van der Waals surface area contributed by atoms with Crippen LogP contribution < -0.4 is 0 Å². The third-order valence-corrected chi connectivity index (χ3v) is 3.95. The van der Waals surface area contributed by atoms with E-state index in [2.05, 4.69) is 44.2 Å². The molecule has 114 valence electrons. The van der Waals surface area contributed by atoms with E-state index in [1.165, 1.54) is 56.9 Å². The molecular weight excluding hydrogens is 244 g/mol. The molecule has 0 aliphatic rings. The Balaban J connectivity index is 2.24. The Bertz CT molecular complexity index is 307. The lowest BCUT2D eigenvalue weighted by Crippen LogP contribution is -2.08. The summed E-state index contributed by atoms with van der Waals surface area (Å²) in [4.78, 5) is 0. The highest BCUT2D eigenvalue weighted by Gasteiger charge is 2.10. The Morgan fingerprint density at radius 3 is 2.15 bits per heavy atom. The van der Waals surface area contributed by atoms with Crippen LogP contribution in [0.3, 0.4) is 0 Å². The third-order valence-electron chi connectivity index (χ3n) is 3.95. The Labute approximate surface area is 125 Å². The zero-order chi connectivity index (χ0) is 14.5. The minimum absolute atomic E-state index is 0.576. The molecular formula is C19H32O. The van der Waals surface area contributed by atoms with Crippen LogP contribution in [0.4, 0.5) is 0 Å². The Hall–Kier alpha value is -0.820. The molecule has 1 aromatic rings. The van der Waals surface area contributed by atoms with Crippen LogP contribution in [-0.4, -0.2) is 13.2 Å². The molecule has 0 aliphatic carbocycles. The van der Waals surface area contributed by atoms with E-state index in [1.807, 2.05) is 0 Å². The van der Waals surface area contributed by atoms with Crippen molar-refractivity contribution in [1.29, 1.82) is 0 Å². The van der Waals surface area contributed by atoms with E-state index < -0.39 is 0 Å². The average Bonchev–Trinajstić information content (AvgIpc) is 2.50. The van der Waals surface area contributed by atoms with Crippen molar-refractivity contribution in [2.24, 2.45) is 0 Å². The van der Waals surface area contributed by atoms with Crippen LogP contribution in [0.2, 0.25) is 0 Å². The molecule has 1 rings (SSSR count). The summed E-state index contributed by atoms with van der Waals surface area (Å²) in [6.07, 6.45) is 10.9. The SMILES string of the molecule is CCCCCCCCCC(COCC)c1ccccc1. The molecule has 0 fully saturated rings. The van der Waals surface area contributed by atoms with E-state index in [0.717, 1.165) is 13.2 Å². The van der Waals surface area contributed by atoms with Gasteiger partial charge in [0.15, 0.2) is 0 Å². The van der Waals surface area contributed by atoms with Crippen molar-refractivity contribution < 1.29 is 4.74 Å². The number of rotatable bonds is 12. The molecule has 0 saturated carbocycles. The maximum Gasteiger partial charge on any atom is 0.0534 e. The van der Waals surface area contributed by atoms with Crippen molar-refractivity contribution in [2.75, 3.05) is 13.2 Å². The maximum absolute atomic E-state index is 5.66. The fourth-order valence-corrected chi connectivity index (χ4v) is 2.68. The van der Waals surface area contributed by atoms with Gasteiger partial charge in [0.1, 0.15) is 0 Å². The fourth-order valence-electron chi connectivity index (χ4n) is 2.68. The van der Waals surface area contributed by atoms with E-state index in [1.54, 1.807) is 0 Å². The Morgan fingerprint density at radius 2 is 1.50 bits per heavy atom. The summed E-state index contributed by atoms with van der Waals surface area (Å²) in [7, 11) is 0. The molecule has 1 unspecified atom stereocenters. The lowest BCUT2D eigenvalue weighted by molar-refractivity contribution is 0.129. The average molecular weight is 276 g/mol. The lowest BCUT2D eigenvalue weighted by Gasteiger charge is -2.17. The molecule has 1 nitrogen and oxygen atoms in total. The summed E-state index contributed by atoms with van der Waals surface area (Å²) in [5.41, 5.74) is 1.44. The molecule has 20 heavy (non-hydrogen) atoms. The van der Waals surface area contributed by atoms with Crippen molar-refractivity contribution in [3.63, 3.8) is 0 Å². The van der Waals surface area contributed by atoms with E-state index in [-0.39, 0.29) is 0 Å². The van der Waals surface area contributed by atoms with E-state index in [4.69, 9.17) is 4.74 Å². The van der Waals surface area contributed by atoms with Crippen LogP contribution in [0.25, 0.3) is 0 Å². The van der Waals surface area contributed by atoms with Crippen LogP contribution in [0.1, 0.15) is 76.7 Å². The van der Waals surface area contributed by atoms with Crippen molar-refractivity contribution >= 4 is 0 Å². The smallest absolute Gasteiger partial charge is 0.0534 e. The number of unbranched alkanes of at least 4 members (excludes halogenated alkanes) is 6. The van der Waals surface area contributed by atoms with Crippen molar-refractivity contribution in [1.82, 2.24) is 0 Å². The van der Waals surface area contributed by atoms with Crippen molar-refractivity contribution in [2.45, 2.75) is 71.1 Å². The van der Waals surface area contributed by atoms with Gasteiger partial charge < -0.3 is 4.74 Å². The molecule has 1 atom stereocenters. The first kappa shape index (κ1) is 17.2. The van der Waals surface area contributed by atoms with Gasteiger partial charge in [-0.05, 0) is 18.9 Å². The van der Waals surface area contributed by atoms with Gasteiger partial charge in [0, 0.05) is 12.5 Å². The van der Waals surface area contributed by atoms with Gasteiger partial charge in [-0.25, -0.2) is 0 Å². The van der Waals surface area contributed by atoms with E-state index >= 15 is 0 Å². The quantitative estimate of drug-likeness (QED) is 0.429. The summed E-state index contributed by atoms with van der Waals surface area (Å²) >= 11 is 0. The van der Waals surface area contributed by atoms with Crippen LogP contribution in [-0.2, 0) is 4.74 Å². The molecule has 0 saturated heterocycles. The van der Waals surface area contributed by atoms with E-state index in [9.17, 15) is 0 Å². The van der Waals surface area contributed by atoms with Gasteiger partial charge in [-0.15, -0.1) is 0 Å². The second kappa shape index (κ2) is 12.0. The van der Waals surface area contributed by atoms with Crippen LogP contribution in [0.5, 0.6) is 0 Å². The number of hydrogen-bond acceptors (Lipinski definition) is 1. The molecule has 0 aliphatic heterocycles. The highest BCUT2D eigenvalue weighted by molar-refractivity contribution is 5.19. The summed E-state index contributed by atoms with van der Waals surface area (Å²) in [5, 5.41) is 0. The zero-order valence-electron chi connectivity index (χ0n) is 13.4. The third kappa shape index (κ3) is 7.69. The van der Waals surface area contributed by atoms with Crippen LogP contribution >= 0.6 is 0 Å². The van der Waals surface area contributed by atoms with Crippen LogP contribution in [0, 0.1) is 0 Å². The first-order chi connectivity index (χ1) is 9.88. The molecule has 0 bridgehead atoms. The maximum atomic E-state index is 5.66. The van der Waals surface area contributed by atoms with Gasteiger partial charge >= 0.3 is 0 Å². The summed E-state index contributed by atoms with van der Waals surface area (Å²) in [5.74, 6) is 0.576. The molecule has 0 N–H and O–H groups in total. The largest absolute Gasteiger partial charge is 0.381 e. The second-order valence-electron chi connectivity index (χ2n) is 5.68. The second-order valence-corrected chi connectivity index (χ2v) is 5.68. The highest BCUT2D eigenvalue weighted by atomic mass is 16.5. The first-order valence-electron chi connectivity index (χ1n) is 8.51. The fraction of sp³-hybridized carbons (Fsp3) is 0.684. The predicted molar refractivity (Wildman–Crippen MR) is 88.3 cm³/mol. The monoisotopic (exact) mass is 276 g/mol. The van der Waals surface area contributed by atoms with Gasteiger partial charge in [0.05, 0.1) is 6.61 Å². The molecule has 0 spiro atoms. The molecule has 0 heterocycles. The summed E-state index contributed by atoms with van der Waals surface area (Å²) in [6.45, 7) is 6.05. The van der Waals surface area contributed by atoms with Gasteiger partial charge in [-0.2, -0.15) is 0 Å². The molecule has 0 radical (unpaired) electrons. The van der Waals surface area contributed by atoms with Gasteiger partial charge in [0.2, 0.25) is 0 Å². The molecule has 1 aromatic carbocycles. The summed E-state index contributed by atoms with van der Waals surface area (Å²) in [6, 6.07) is 10.9. The Morgan fingerprint density at radius 1 is 0.850 bits per heavy atom. The molecule has 0 amide bonds. The lowest BCUT2D eigenvalue weighted by atomic mass is 9.93. The highest BCUT2D eigenvalue weighted by Crippen LogP contribution is 2.23. The Kier molecular flexibility index (Phi) is 10.3. The molecule has 1 heteroatoms. The normalized spacial score (nSPS) is 12.5. The predicted octanol–water partition coefficient (Wildman–Crippen LogP) is 5.95. The van der Waals surface area contributed by atoms with Crippen molar-refractivity contribution in [3.05, 3.63) is 35.9 Å². The van der Waals surface area contributed by atoms with Crippen molar-refractivity contribution in [3.8, 4) is 0 Å². The van der Waals surface area contributed by atoms with Gasteiger partial charge in [0.25, 0.3) is 0 Å².